The predicted molar refractivity (Wildman–Crippen MR) is 80.2 cm³/mol. The Balaban J connectivity index is 1.84. The van der Waals surface area contributed by atoms with Crippen LogP contribution >= 0.6 is 0 Å². The van der Waals surface area contributed by atoms with Crippen LogP contribution in [0, 0.1) is 5.92 Å². The number of sulfone groups is 1. The highest BCUT2D eigenvalue weighted by molar-refractivity contribution is 7.90. The lowest BCUT2D eigenvalue weighted by Gasteiger charge is -2.25. The highest BCUT2D eigenvalue weighted by atomic mass is 32.2. The van der Waals surface area contributed by atoms with Crippen molar-refractivity contribution in [2.24, 2.45) is 5.92 Å². The van der Waals surface area contributed by atoms with Crippen LogP contribution in [0.25, 0.3) is 11.4 Å². The Bertz CT molecular complexity index is 752. The first kappa shape index (κ1) is 15.2. The van der Waals surface area contributed by atoms with E-state index < -0.39 is 9.84 Å². The van der Waals surface area contributed by atoms with Crippen molar-refractivity contribution >= 4 is 9.84 Å². The third kappa shape index (κ3) is 3.05. The summed E-state index contributed by atoms with van der Waals surface area (Å²) in [6.07, 6.45) is 2.05. The summed E-state index contributed by atoms with van der Waals surface area (Å²) < 4.78 is 33.7. The lowest BCUT2D eigenvalue weighted by molar-refractivity contribution is 0.0392. The number of rotatable bonds is 3. The van der Waals surface area contributed by atoms with E-state index in [2.05, 4.69) is 17.1 Å². The van der Waals surface area contributed by atoms with E-state index in [0.29, 0.717) is 30.8 Å². The zero-order valence-corrected chi connectivity index (χ0v) is 13.3. The van der Waals surface area contributed by atoms with Crippen LogP contribution in [0.1, 0.15) is 25.2 Å². The first-order valence-electron chi connectivity index (χ1n) is 7.17. The number of hydrogen-bond donors (Lipinski definition) is 0. The van der Waals surface area contributed by atoms with E-state index in [0.717, 1.165) is 12.0 Å². The first-order valence-corrected chi connectivity index (χ1v) is 9.06. The van der Waals surface area contributed by atoms with Gasteiger partial charge in [0.15, 0.2) is 9.84 Å². The summed E-state index contributed by atoms with van der Waals surface area (Å²) in [5.41, 5.74) is 0.738. The van der Waals surface area contributed by atoms with Crippen LogP contribution in [0.4, 0.5) is 0 Å². The van der Waals surface area contributed by atoms with E-state index in [-0.39, 0.29) is 10.8 Å². The molecule has 0 aliphatic carbocycles. The van der Waals surface area contributed by atoms with Gasteiger partial charge in [-0.2, -0.15) is 4.98 Å². The minimum atomic E-state index is -3.20. The zero-order chi connectivity index (χ0) is 15.7. The van der Waals surface area contributed by atoms with Crippen LogP contribution in [-0.4, -0.2) is 38.0 Å². The summed E-state index contributed by atoms with van der Waals surface area (Å²) in [5.74, 6) is 1.66. The van der Waals surface area contributed by atoms with E-state index in [1.807, 2.05) is 0 Å². The smallest absolute Gasteiger partial charge is 0.230 e. The van der Waals surface area contributed by atoms with Crippen molar-refractivity contribution in [2.45, 2.75) is 24.2 Å². The van der Waals surface area contributed by atoms with Gasteiger partial charge in [-0.15, -0.1) is 0 Å². The molecule has 2 atom stereocenters. The van der Waals surface area contributed by atoms with Gasteiger partial charge in [-0.3, -0.25) is 0 Å². The second-order valence-electron chi connectivity index (χ2n) is 5.70. The monoisotopic (exact) mass is 322 g/mol. The van der Waals surface area contributed by atoms with Gasteiger partial charge in [-0.05, 0) is 36.6 Å². The van der Waals surface area contributed by atoms with Crippen LogP contribution in [-0.2, 0) is 14.6 Å². The fraction of sp³-hybridized carbons (Fsp3) is 0.467. The Kier molecular flexibility index (Phi) is 4.01. The van der Waals surface area contributed by atoms with Crippen LogP contribution in [0.2, 0.25) is 0 Å². The largest absolute Gasteiger partial charge is 0.381 e. The Morgan fingerprint density at radius 2 is 1.95 bits per heavy atom. The van der Waals surface area contributed by atoms with Gasteiger partial charge in [0.25, 0.3) is 0 Å². The van der Waals surface area contributed by atoms with E-state index >= 15 is 0 Å². The summed E-state index contributed by atoms with van der Waals surface area (Å²) in [4.78, 5) is 4.74. The second-order valence-corrected chi connectivity index (χ2v) is 7.72. The van der Waals surface area contributed by atoms with E-state index in [1.54, 1.807) is 24.3 Å². The second kappa shape index (κ2) is 5.81. The Labute approximate surface area is 129 Å². The molecule has 0 unspecified atom stereocenters. The molecule has 6 nitrogen and oxygen atoms in total. The van der Waals surface area contributed by atoms with Crippen LogP contribution in [0.3, 0.4) is 0 Å². The summed E-state index contributed by atoms with van der Waals surface area (Å²) in [6.45, 7) is 3.51. The average Bonchev–Trinajstić information content (AvgIpc) is 2.96. The molecule has 1 aliphatic rings. The summed E-state index contributed by atoms with van der Waals surface area (Å²) in [5, 5.41) is 4.01. The number of aromatic nitrogens is 2. The minimum absolute atomic E-state index is 0.213. The molecule has 1 aromatic carbocycles. The minimum Gasteiger partial charge on any atom is -0.381 e. The van der Waals surface area contributed by atoms with Gasteiger partial charge >= 0.3 is 0 Å². The first-order chi connectivity index (χ1) is 10.4. The van der Waals surface area contributed by atoms with Gasteiger partial charge in [0.05, 0.1) is 4.90 Å². The fourth-order valence-electron chi connectivity index (χ4n) is 2.60. The molecule has 0 amide bonds. The Hall–Kier alpha value is -1.73. The van der Waals surface area contributed by atoms with Crippen molar-refractivity contribution in [1.82, 2.24) is 10.1 Å². The third-order valence-corrected chi connectivity index (χ3v) is 5.07. The molecule has 0 bridgehead atoms. The standard InChI is InChI=1S/C15H18N2O4S/c1-10-9-20-8-7-13(10)15-16-14(17-21-15)11-3-5-12(6-4-11)22(2,18)19/h3-6,10,13H,7-9H2,1-2H3/t10-,13-/m1/s1. The Morgan fingerprint density at radius 3 is 2.59 bits per heavy atom. The summed E-state index contributed by atoms with van der Waals surface area (Å²) in [6, 6.07) is 6.49. The zero-order valence-electron chi connectivity index (χ0n) is 12.5. The highest BCUT2D eigenvalue weighted by Gasteiger charge is 2.28. The fourth-order valence-corrected chi connectivity index (χ4v) is 3.23. The van der Waals surface area contributed by atoms with E-state index in [9.17, 15) is 8.42 Å². The highest BCUT2D eigenvalue weighted by Crippen LogP contribution is 2.31. The molecular weight excluding hydrogens is 304 g/mol. The summed E-state index contributed by atoms with van der Waals surface area (Å²) in [7, 11) is -3.20. The molecular formula is C15H18N2O4S. The van der Waals surface area contributed by atoms with Crippen molar-refractivity contribution in [3.8, 4) is 11.4 Å². The molecule has 0 N–H and O–H groups in total. The van der Waals surface area contributed by atoms with Crippen molar-refractivity contribution < 1.29 is 17.7 Å². The number of ether oxygens (including phenoxy) is 1. The van der Waals surface area contributed by atoms with Crippen molar-refractivity contribution in [3.63, 3.8) is 0 Å². The predicted octanol–water partition coefficient (Wildman–Crippen LogP) is 2.28. The molecule has 0 saturated carbocycles. The SMILES string of the molecule is C[C@@H]1COCC[C@H]1c1nc(-c2ccc(S(C)(=O)=O)cc2)no1. The molecule has 0 spiro atoms. The number of benzene rings is 1. The maximum Gasteiger partial charge on any atom is 0.230 e. The van der Waals surface area contributed by atoms with Gasteiger partial charge in [0.1, 0.15) is 0 Å². The number of hydrogen-bond acceptors (Lipinski definition) is 6. The molecule has 118 valence electrons. The maximum atomic E-state index is 11.5. The van der Waals surface area contributed by atoms with Crippen molar-refractivity contribution in [3.05, 3.63) is 30.2 Å². The number of nitrogens with zero attached hydrogens (tertiary/aromatic N) is 2. The maximum absolute atomic E-state index is 11.5. The molecule has 1 aromatic heterocycles. The average molecular weight is 322 g/mol. The lowest BCUT2D eigenvalue weighted by atomic mass is 9.90. The van der Waals surface area contributed by atoms with E-state index in [4.69, 9.17) is 9.26 Å². The molecule has 2 heterocycles. The van der Waals surface area contributed by atoms with Crippen molar-refractivity contribution in [2.75, 3.05) is 19.5 Å². The molecule has 22 heavy (non-hydrogen) atoms. The molecule has 0 radical (unpaired) electrons. The van der Waals surface area contributed by atoms with E-state index in [1.165, 1.54) is 6.26 Å². The van der Waals surface area contributed by atoms with Gasteiger partial charge in [-0.1, -0.05) is 12.1 Å². The molecule has 1 saturated heterocycles. The van der Waals surface area contributed by atoms with Gasteiger partial charge < -0.3 is 9.26 Å². The lowest BCUT2D eigenvalue weighted by Crippen LogP contribution is -2.23. The van der Waals surface area contributed by atoms with Crippen LogP contribution in [0.5, 0.6) is 0 Å². The molecule has 1 fully saturated rings. The van der Waals surface area contributed by atoms with Gasteiger partial charge in [0, 0.05) is 31.0 Å². The molecule has 1 aliphatic heterocycles. The van der Waals surface area contributed by atoms with Crippen LogP contribution in [0.15, 0.2) is 33.7 Å². The van der Waals surface area contributed by atoms with Gasteiger partial charge in [0.2, 0.25) is 11.7 Å². The topological polar surface area (TPSA) is 82.3 Å². The van der Waals surface area contributed by atoms with Crippen molar-refractivity contribution in [1.29, 1.82) is 0 Å². The van der Waals surface area contributed by atoms with Crippen LogP contribution < -0.4 is 0 Å². The van der Waals surface area contributed by atoms with Gasteiger partial charge in [-0.25, -0.2) is 8.42 Å². The molecule has 7 heteroatoms. The third-order valence-electron chi connectivity index (χ3n) is 3.94. The quantitative estimate of drug-likeness (QED) is 0.862. The Morgan fingerprint density at radius 1 is 1.23 bits per heavy atom. The molecule has 2 aromatic rings. The molecule has 3 rings (SSSR count). The summed E-state index contributed by atoms with van der Waals surface area (Å²) >= 11 is 0. The normalized spacial score (nSPS) is 22.6.